The Labute approximate surface area is 103 Å². The fourth-order valence-electron chi connectivity index (χ4n) is 1.46. The van der Waals surface area contributed by atoms with Gasteiger partial charge in [-0.15, -0.1) is 0 Å². The molecule has 0 aliphatic heterocycles. The average molecular weight is 239 g/mol. The van der Waals surface area contributed by atoms with E-state index in [1.165, 1.54) is 0 Å². The van der Waals surface area contributed by atoms with Crippen molar-refractivity contribution in [1.82, 2.24) is 10.6 Å². The second-order valence-electron chi connectivity index (χ2n) is 3.97. The minimum absolute atomic E-state index is 0.140. The molecule has 0 heterocycles. The van der Waals surface area contributed by atoms with Crippen LogP contribution in [0.25, 0.3) is 0 Å². The highest BCUT2D eigenvalue weighted by atomic mass is 16.2. The van der Waals surface area contributed by atoms with Crippen LogP contribution in [-0.2, 0) is 9.59 Å². The highest BCUT2D eigenvalue weighted by Crippen LogP contribution is 2.10. The molecule has 0 aromatic carbocycles. The van der Waals surface area contributed by atoms with Crippen molar-refractivity contribution >= 4 is 11.8 Å². The predicted molar refractivity (Wildman–Crippen MR) is 64.9 cm³/mol. The SMILES string of the molecule is CCCCC(CC)CNC(=O)C(=O)NCC#N. The van der Waals surface area contributed by atoms with E-state index >= 15 is 0 Å². The Kier molecular flexibility index (Phi) is 8.75. The molecule has 0 radical (unpaired) electrons. The van der Waals surface area contributed by atoms with Gasteiger partial charge in [0.1, 0.15) is 6.54 Å². The van der Waals surface area contributed by atoms with E-state index in [4.69, 9.17) is 5.26 Å². The van der Waals surface area contributed by atoms with Crippen LogP contribution in [0.15, 0.2) is 0 Å². The van der Waals surface area contributed by atoms with E-state index in [0.717, 1.165) is 25.7 Å². The molecule has 5 heteroatoms. The topological polar surface area (TPSA) is 82.0 Å². The minimum Gasteiger partial charge on any atom is -0.348 e. The number of carbonyl (C=O) groups excluding carboxylic acids is 2. The molecule has 0 aromatic rings. The Morgan fingerprint density at radius 1 is 1.24 bits per heavy atom. The predicted octanol–water partition coefficient (Wildman–Crippen LogP) is 0.959. The first-order chi connectivity index (χ1) is 8.15. The summed E-state index contributed by atoms with van der Waals surface area (Å²) in [7, 11) is 0. The maximum absolute atomic E-state index is 11.3. The third kappa shape index (κ3) is 7.34. The van der Waals surface area contributed by atoms with Crippen LogP contribution in [0.4, 0.5) is 0 Å². The van der Waals surface area contributed by atoms with Crippen LogP contribution >= 0.6 is 0 Å². The molecule has 1 unspecified atom stereocenters. The molecule has 0 rings (SSSR count). The summed E-state index contributed by atoms with van der Waals surface area (Å²) in [4.78, 5) is 22.5. The van der Waals surface area contributed by atoms with Gasteiger partial charge in [0.2, 0.25) is 0 Å². The van der Waals surface area contributed by atoms with E-state index in [1.54, 1.807) is 6.07 Å². The Morgan fingerprint density at radius 3 is 2.41 bits per heavy atom. The van der Waals surface area contributed by atoms with Gasteiger partial charge in [-0.2, -0.15) is 5.26 Å². The number of carbonyl (C=O) groups is 2. The van der Waals surface area contributed by atoms with E-state index in [9.17, 15) is 9.59 Å². The first-order valence-corrected chi connectivity index (χ1v) is 6.08. The number of nitriles is 1. The quantitative estimate of drug-likeness (QED) is 0.513. The van der Waals surface area contributed by atoms with Gasteiger partial charge in [0.15, 0.2) is 0 Å². The van der Waals surface area contributed by atoms with Gasteiger partial charge in [-0.05, 0) is 12.3 Å². The highest BCUT2D eigenvalue weighted by Gasteiger charge is 2.14. The first kappa shape index (κ1) is 15.4. The summed E-state index contributed by atoms with van der Waals surface area (Å²) in [5, 5.41) is 13.0. The number of hydrogen-bond acceptors (Lipinski definition) is 3. The van der Waals surface area contributed by atoms with Crippen LogP contribution < -0.4 is 10.6 Å². The number of nitrogens with one attached hydrogen (secondary N) is 2. The summed E-state index contributed by atoms with van der Waals surface area (Å²) >= 11 is 0. The third-order valence-electron chi connectivity index (χ3n) is 2.63. The highest BCUT2D eigenvalue weighted by molar-refractivity contribution is 6.35. The van der Waals surface area contributed by atoms with E-state index in [-0.39, 0.29) is 6.54 Å². The van der Waals surface area contributed by atoms with Crippen molar-refractivity contribution in [3.63, 3.8) is 0 Å². The summed E-state index contributed by atoms with van der Waals surface area (Å²) < 4.78 is 0. The van der Waals surface area contributed by atoms with Crippen LogP contribution in [-0.4, -0.2) is 24.9 Å². The molecule has 0 spiro atoms. The van der Waals surface area contributed by atoms with Gasteiger partial charge < -0.3 is 10.6 Å². The van der Waals surface area contributed by atoms with E-state index in [1.807, 2.05) is 0 Å². The number of unbranched alkanes of at least 4 members (excludes halogenated alkanes) is 1. The zero-order chi connectivity index (χ0) is 13.1. The smallest absolute Gasteiger partial charge is 0.310 e. The summed E-state index contributed by atoms with van der Waals surface area (Å²) in [6.45, 7) is 4.58. The number of nitrogens with zero attached hydrogens (tertiary/aromatic N) is 1. The van der Waals surface area contributed by atoms with Crippen LogP contribution in [0.3, 0.4) is 0 Å². The van der Waals surface area contributed by atoms with Crippen molar-refractivity contribution in [2.24, 2.45) is 5.92 Å². The molecule has 0 saturated heterocycles. The van der Waals surface area contributed by atoms with Crippen LogP contribution in [0.2, 0.25) is 0 Å². The van der Waals surface area contributed by atoms with Gasteiger partial charge in [0, 0.05) is 6.54 Å². The Bertz CT molecular complexity index is 284. The number of rotatable bonds is 7. The van der Waals surface area contributed by atoms with E-state index in [2.05, 4.69) is 24.5 Å². The molecular weight excluding hydrogens is 218 g/mol. The van der Waals surface area contributed by atoms with Crippen molar-refractivity contribution < 1.29 is 9.59 Å². The van der Waals surface area contributed by atoms with Crippen LogP contribution in [0.1, 0.15) is 39.5 Å². The molecule has 0 fully saturated rings. The molecule has 0 aliphatic rings. The minimum atomic E-state index is -0.739. The molecule has 1 atom stereocenters. The molecule has 17 heavy (non-hydrogen) atoms. The second-order valence-corrected chi connectivity index (χ2v) is 3.97. The third-order valence-corrected chi connectivity index (χ3v) is 2.63. The Morgan fingerprint density at radius 2 is 1.88 bits per heavy atom. The lowest BCUT2D eigenvalue weighted by atomic mass is 9.99. The summed E-state index contributed by atoms with van der Waals surface area (Å²) in [5.41, 5.74) is 0. The lowest BCUT2D eigenvalue weighted by Gasteiger charge is -2.14. The average Bonchev–Trinajstić information content (AvgIpc) is 2.35. The molecule has 0 aliphatic carbocycles. The van der Waals surface area contributed by atoms with Gasteiger partial charge in [-0.3, -0.25) is 9.59 Å². The Balaban J connectivity index is 3.87. The van der Waals surface area contributed by atoms with Crippen LogP contribution in [0.5, 0.6) is 0 Å². The van der Waals surface area contributed by atoms with Crippen molar-refractivity contribution in [2.45, 2.75) is 39.5 Å². The van der Waals surface area contributed by atoms with Crippen molar-refractivity contribution in [2.75, 3.05) is 13.1 Å². The summed E-state index contributed by atoms with van der Waals surface area (Å²) in [5.74, 6) is -0.977. The molecule has 0 aromatic heterocycles. The fraction of sp³-hybridized carbons (Fsp3) is 0.750. The maximum Gasteiger partial charge on any atom is 0.310 e. The van der Waals surface area contributed by atoms with Gasteiger partial charge in [-0.1, -0.05) is 33.1 Å². The molecule has 5 nitrogen and oxygen atoms in total. The van der Waals surface area contributed by atoms with Gasteiger partial charge in [-0.25, -0.2) is 0 Å². The van der Waals surface area contributed by atoms with Crippen molar-refractivity contribution in [1.29, 1.82) is 5.26 Å². The van der Waals surface area contributed by atoms with Gasteiger partial charge in [0.25, 0.3) is 0 Å². The second kappa shape index (κ2) is 9.64. The van der Waals surface area contributed by atoms with E-state index in [0.29, 0.717) is 12.5 Å². The monoisotopic (exact) mass is 239 g/mol. The Hall–Kier alpha value is -1.57. The molecule has 2 amide bonds. The van der Waals surface area contributed by atoms with Crippen molar-refractivity contribution in [3.05, 3.63) is 0 Å². The zero-order valence-corrected chi connectivity index (χ0v) is 10.6. The molecule has 0 bridgehead atoms. The standard InChI is InChI=1S/C12H21N3O2/c1-3-5-6-10(4-2)9-15-12(17)11(16)14-8-7-13/h10H,3-6,8-9H2,1-2H3,(H,14,16)(H,15,17). The summed E-state index contributed by atoms with van der Waals surface area (Å²) in [6, 6.07) is 1.75. The maximum atomic E-state index is 11.3. The number of hydrogen-bond donors (Lipinski definition) is 2. The lowest BCUT2D eigenvalue weighted by Crippen LogP contribution is -2.41. The number of amides is 2. The normalized spacial score (nSPS) is 11.4. The molecular formula is C12H21N3O2. The molecule has 0 saturated carbocycles. The largest absolute Gasteiger partial charge is 0.348 e. The lowest BCUT2D eigenvalue weighted by molar-refractivity contribution is -0.139. The van der Waals surface area contributed by atoms with Gasteiger partial charge in [0.05, 0.1) is 6.07 Å². The zero-order valence-electron chi connectivity index (χ0n) is 10.6. The van der Waals surface area contributed by atoms with Crippen molar-refractivity contribution in [3.8, 4) is 6.07 Å². The van der Waals surface area contributed by atoms with Gasteiger partial charge >= 0.3 is 11.8 Å². The fourth-order valence-corrected chi connectivity index (χ4v) is 1.46. The molecule has 2 N–H and O–H groups in total. The first-order valence-electron chi connectivity index (χ1n) is 6.08. The van der Waals surface area contributed by atoms with E-state index < -0.39 is 11.8 Å². The summed E-state index contributed by atoms with van der Waals surface area (Å²) in [6.07, 6.45) is 4.31. The molecule has 96 valence electrons. The van der Waals surface area contributed by atoms with Crippen LogP contribution in [0, 0.1) is 17.2 Å².